The highest BCUT2D eigenvalue weighted by molar-refractivity contribution is 5.48. The van der Waals surface area contributed by atoms with E-state index in [2.05, 4.69) is 33.0 Å². The Labute approximate surface area is 145 Å². The Morgan fingerprint density at radius 2 is 2.20 bits per heavy atom. The van der Waals surface area contributed by atoms with E-state index in [-0.39, 0.29) is 11.9 Å². The van der Waals surface area contributed by atoms with Crippen LogP contribution in [-0.4, -0.2) is 39.3 Å². The first-order valence-electron chi connectivity index (χ1n) is 8.57. The minimum absolute atomic E-state index is 0.235. The molecule has 1 aliphatic heterocycles. The van der Waals surface area contributed by atoms with Crippen molar-refractivity contribution >= 4 is 11.6 Å². The van der Waals surface area contributed by atoms with Crippen LogP contribution in [0.5, 0.6) is 0 Å². The standard InChI is InChI=1S/C18H20FN5O/c1-2-5-13-10-17(24-18(22-13)20-12-21-24)23-8-9-25-16(11-23)14-6-3-4-7-15(14)19/h3-4,6-7,10,12,16H,2,5,8-9,11H2,1H3. The number of fused-ring (bicyclic) bond motifs is 1. The molecule has 1 aliphatic rings. The fourth-order valence-corrected chi connectivity index (χ4v) is 3.24. The maximum atomic E-state index is 14.1. The predicted molar refractivity (Wildman–Crippen MR) is 92.1 cm³/mol. The van der Waals surface area contributed by atoms with Gasteiger partial charge < -0.3 is 9.64 Å². The van der Waals surface area contributed by atoms with Gasteiger partial charge in [-0.2, -0.15) is 14.6 Å². The average molecular weight is 341 g/mol. The van der Waals surface area contributed by atoms with Gasteiger partial charge in [-0.3, -0.25) is 0 Å². The average Bonchev–Trinajstić information content (AvgIpc) is 3.10. The third kappa shape index (κ3) is 3.07. The number of rotatable bonds is 4. The second-order valence-electron chi connectivity index (χ2n) is 6.15. The summed E-state index contributed by atoms with van der Waals surface area (Å²) in [6.45, 7) is 3.93. The third-order valence-corrected chi connectivity index (χ3v) is 4.43. The largest absolute Gasteiger partial charge is 0.370 e. The number of anilines is 1. The van der Waals surface area contributed by atoms with E-state index in [1.807, 2.05) is 6.07 Å². The molecule has 1 atom stereocenters. The van der Waals surface area contributed by atoms with Gasteiger partial charge in [0.05, 0.1) is 6.61 Å². The molecule has 6 nitrogen and oxygen atoms in total. The van der Waals surface area contributed by atoms with E-state index in [4.69, 9.17) is 4.74 Å². The summed E-state index contributed by atoms with van der Waals surface area (Å²) >= 11 is 0. The minimum Gasteiger partial charge on any atom is -0.370 e. The minimum atomic E-state index is -0.309. The van der Waals surface area contributed by atoms with E-state index in [0.29, 0.717) is 24.5 Å². The molecule has 0 spiro atoms. The maximum absolute atomic E-state index is 14.1. The van der Waals surface area contributed by atoms with Crippen LogP contribution in [0.3, 0.4) is 0 Å². The Kier molecular flexibility index (Phi) is 4.31. The molecule has 1 unspecified atom stereocenters. The van der Waals surface area contributed by atoms with E-state index >= 15 is 0 Å². The normalized spacial score (nSPS) is 18.0. The van der Waals surface area contributed by atoms with Gasteiger partial charge in [-0.05, 0) is 12.5 Å². The van der Waals surface area contributed by atoms with Crippen molar-refractivity contribution in [3.8, 4) is 0 Å². The van der Waals surface area contributed by atoms with Gasteiger partial charge in [0.15, 0.2) is 0 Å². The predicted octanol–water partition coefficient (Wildman–Crippen LogP) is 2.79. The van der Waals surface area contributed by atoms with Gasteiger partial charge >= 0.3 is 0 Å². The number of aromatic nitrogens is 4. The lowest BCUT2D eigenvalue weighted by Gasteiger charge is -2.34. The monoisotopic (exact) mass is 341 g/mol. The van der Waals surface area contributed by atoms with Crippen LogP contribution in [0.2, 0.25) is 0 Å². The lowest BCUT2D eigenvalue weighted by Crippen LogP contribution is -2.39. The molecule has 130 valence electrons. The van der Waals surface area contributed by atoms with Gasteiger partial charge in [-0.1, -0.05) is 31.5 Å². The number of nitrogens with zero attached hydrogens (tertiary/aromatic N) is 5. The first-order valence-corrected chi connectivity index (χ1v) is 8.57. The van der Waals surface area contributed by atoms with Crippen molar-refractivity contribution in [1.82, 2.24) is 19.6 Å². The van der Waals surface area contributed by atoms with Crippen LogP contribution in [0, 0.1) is 5.82 Å². The van der Waals surface area contributed by atoms with Gasteiger partial charge in [-0.25, -0.2) is 9.37 Å². The molecule has 1 fully saturated rings. The molecule has 0 N–H and O–H groups in total. The first-order chi connectivity index (χ1) is 12.3. The quantitative estimate of drug-likeness (QED) is 0.730. The molecule has 0 saturated carbocycles. The molecule has 0 bridgehead atoms. The lowest BCUT2D eigenvalue weighted by molar-refractivity contribution is 0.0371. The topological polar surface area (TPSA) is 55.6 Å². The molecule has 0 radical (unpaired) electrons. The van der Waals surface area contributed by atoms with Crippen LogP contribution in [-0.2, 0) is 11.2 Å². The second kappa shape index (κ2) is 6.76. The van der Waals surface area contributed by atoms with Crippen molar-refractivity contribution in [2.45, 2.75) is 25.9 Å². The Balaban J connectivity index is 1.68. The van der Waals surface area contributed by atoms with Gasteiger partial charge in [0.1, 0.15) is 24.1 Å². The Bertz CT molecular complexity index is 881. The van der Waals surface area contributed by atoms with Crippen LogP contribution >= 0.6 is 0 Å². The summed E-state index contributed by atoms with van der Waals surface area (Å²) < 4.78 is 21.7. The van der Waals surface area contributed by atoms with Crippen molar-refractivity contribution in [2.75, 3.05) is 24.6 Å². The number of ether oxygens (including phenoxy) is 1. The molecule has 1 aromatic carbocycles. The van der Waals surface area contributed by atoms with E-state index in [1.165, 1.54) is 12.4 Å². The molecule has 2 aromatic heterocycles. The van der Waals surface area contributed by atoms with E-state index in [9.17, 15) is 4.39 Å². The van der Waals surface area contributed by atoms with Crippen LogP contribution in [0.15, 0.2) is 36.7 Å². The molecule has 25 heavy (non-hydrogen) atoms. The highest BCUT2D eigenvalue weighted by atomic mass is 19.1. The summed E-state index contributed by atoms with van der Waals surface area (Å²) in [7, 11) is 0. The summed E-state index contributed by atoms with van der Waals surface area (Å²) in [5.74, 6) is 1.28. The van der Waals surface area contributed by atoms with Gasteiger partial charge in [0.25, 0.3) is 5.78 Å². The zero-order chi connectivity index (χ0) is 17.2. The van der Waals surface area contributed by atoms with Crippen LogP contribution in [0.1, 0.15) is 30.7 Å². The smallest absolute Gasteiger partial charge is 0.254 e. The Hall–Kier alpha value is -2.54. The highest BCUT2D eigenvalue weighted by Crippen LogP contribution is 2.28. The summed E-state index contributed by atoms with van der Waals surface area (Å²) in [6.07, 6.45) is 3.10. The van der Waals surface area contributed by atoms with Gasteiger partial charge in [-0.15, -0.1) is 0 Å². The number of halogens is 1. The van der Waals surface area contributed by atoms with E-state index in [1.54, 1.807) is 16.6 Å². The summed E-state index contributed by atoms with van der Waals surface area (Å²) in [5.41, 5.74) is 1.58. The number of benzene rings is 1. The zero-order valence-electron chi connectivity index (χ0n) is 14.1. The summed E-state index contributed by atoms with van der Waals surface area (Å²) in [5, 5.41) is 4.30. The van der Waals surface area contributed by atoms with Crippen molar-refractivity contribution in [1.29, 1.82) is 0 Å². The number of aryl methyl sites for hydroxylation is 1. The Morgan fingerprint density at radius 3 is 3.04 bits per heavy atom. The van der Waals surface area contributed by atoms with Crippen molar-refractivity contribution in [2.24, 2.45) is 0 Å². The van der Waals surface area contributed by atoms with Gasteiger partial charge in [0, 0.05) is 30.4 Å². The molecule has 1 saturated heterocycles. The van der Waals surface area contributed by atoms with Crippen molar-refractivity contribution in [3.05, 3.63) is 53.7 Å². The zero-order valence-corrected chi connectivity index (χ0v) is 14.1. The number of morpholine rings is 1. The molecule has 4 rings (SSSR count). The molecule has 3 aromatic rings. The van der Waals surface area contributed by atoms with E-state index in [0.717, 1.165) is 30.9 Å². The fraction of sp³-hybridized carbons (Fsp3) is 0.389. The van der Waals surface area contributed by atoms with Gasteiger partial charge in [0.2, 0.25) is 0 Å². The summed E-state index contributed by atoms with van der Waals surface area (Å²) in [6, 6.07) is 8.83. The molecular weight excluding hydrogens is 321 g/mol. The molecule has 3 heterocycles. The number of hydrogen-bond acceptors (Lipinski definition) is 5. The lowest BCUT2D eigenvalue weighted by atomic mass is 10.1. The second-order valence-corrected chi connectivity index (χ2v) is 6.15. The molecular formula is C18H20FN5O. The fourth-order valence-electron chi connectivity index (χ4n) is 3.24. The molecule has 7 heteroatoms. The Morgan fingerprint density at radius 1 is 1.32 bits per heavy atom. The summed E-state index contributed by atoms with van der Waals surface area (Å²) in [4.78, 5) is 10.9. The molecule has 0 amide bonds. The maximum Gasteiger partial charge on any atom is 0.254 e. The van der Waals surface area contributed by atoms with Crippen LogP contribution < -0.4 is 4.90 Å². The van der Waals surface area contributed by atoms with Crippen molar-refractivity contribution in [3.63, 3.8) is 0 Å². The SMILES string of the molecule is CCCc1cc(N2CCOC(c3ccccc3F)C2)n2ncnc2n1. The van der Waals surface area contributed by atoms with Crippen LogP contribution in [0.4, 0.5) is 10.2 Å². The van der Waals surface area contributed by atoms with Crippen molar-refractivity contribution < 1.29 is 9.13 Å². The number of hydrogen-bond donors (Lipinski definition) is 0. The highest BCUT2D eigenvalue weighted by Gasteiger charge is 2.26. The first kappa shape index (κ1) is 16.0. The van der Waals surface area contributed by atoms with Crippen LogP contribution in [0.25, 0.3) is 5.78 Å². The van der Waals surface area contributed by atoms with E-state index < -0.39 is 0 Å². The molecule has 0 aliphatic carbocycles. The third-order valence-electron chi connectivity index (χ3n) is 4.43.